The van der Waals surface area contributed by atoms with Crippen LogP contribution in [0.1, 0.15) is 5.56 Å². The molecule has 0 saturated carbocycles. The van der Waals surface area contributed by atoms with E-state index < -0.39 is 0 Å². The molecule has 80 valence electrons. The average Bonchev–Trinajstić information content (AvgIpc) is 2.18. The first-order valence-corrected chi connectivity index (χ1v) is 4.91. The summed E-state index contributed by atoms with van der Waals surface area (Å²) in [6, 6.07) is 10.2. The maximum Gasteiger partial charge on any atom is 0.318 e. The molecule has 0 aliphatic heterocycles. The summed E-state index contributed by atoms with van der Waals surface area (Å²) in [7, 11) is 7.91. The second kappa shape index (κ2) is 5.23. The van der Waals surface area contributed by atoms with Gasteiger partial charge in [0.1, 0.15) is 0 Å². The Bertz CT molecular complexity index is 360. The Labute approximate surface area is 91.4 Å². The minimum absolute atomic E-state index is 0.962. The highest BCUT2D eigenvalue weighted by Gasteiger charge is 2.10. The standard InChI is InChI=1S/C12H18N3/c1-14(2)10-13-12(15(3)4)11-8-6-5-7-9-11/h5-10H,1-4H3/q+1. The van der Waals surface area contributed by atoms with E-state index in [1.807, 2.05) is 62.5 Å². The summed E-state index contributed by atoms with van der Waals surface area (Å²) in [6.07, 6.45) is 1.81. The minimum atomic E-state index is 0.962. The van der Waals surface area contributed by atoms with Gasteiger partial charge in [0.2, 0.25) is 0 Å². The molecule has 0 atom stereocenters. The highest BCUT2D eigenvalue weighted by atomic mass is 15.1. The van der Waals surface area contributed by atoms with E-state index in [4.69, 9.17) is 0 Å². The molecule has 0 aliphatic carbocycles. The van der Waals surface area contributed by atoms with E-state index in [0.717, 1.165) is 11.4 Å². The van der Waals surface area contributed by atoms with E-state index in [-0.39, 0.29) is 0 Å². The van der Waals surface area contributed by atoms with Crippen LogP contribution in [0.2, 0.25) is 0 Å². The van der Waals surface area contributed by atoms with Gasteiger partial charge in [-0.25, -0.2) is 4.67 Å². The fourth-order valence-corrected chi connectivity index (χ4v) is 1.21. The third-order valence-corrected chi connectivity index (χ3v) is 1.87. The molecule has 0 spiro atoms. The van der Waals surface area contributed by atoms with E-state index in [2.05, 4.69) is 16.8 Å². The van der Waals surface area contributed by atoms with Crippen molar-refractivity contribution in [3.63, 3.8) is 0 Å². The van der Waals surface area contributed by atoms with Crippen molar-refractivity contribution in [3.8, 4) is 0 Å². The highest BCUT2D eigenvalue weighted by molar-refractivity contribution is 5.98. The summed E-state index contributed by atoms with van der Waals surface area (Å²) < 4.78 is 4.44. The first kappa shape index (κ1) is 11.3. The Morgan fingerprint density at radius 3 is 2.13 bits per heavy atom. The molecule has 0 amide bonds. The lowest BCUT2D eigenvalue weighted by atomic mass is 10.2. The van der Waals surface area contributed by atoms with Crippen LogP contribution in [-0.2, 0) is 0 Å². The summed E-state index contributed by atoms with van der Waals surface area (Å²) in [6.45, 7) is 0. The van der Waals surface area contributed by atoms with Crippen LogP contribution in [0.25, 0.3) is 0 Å². The normalized spacial score (nSPS) is 9.07. The van der Waals surface area contributed by atoms with Crippen molar-refractivity contribution in [1.29, 1.82) is 0 Å². The van der Waals surface area contributed by atoms with Gasteiger partial charge in [-0.3, -0.25) is 9.80 Å². The zero-order valence-electron chi connectivity index (χ0n) is 9.81. The van der Waals surface area contributed by atoms with Gasteiger partial charge in [-0.2, -0.15) is 0 Å². The zero-order valence-corrected chi connectivity index (χ0v) is 9.81. The van der Waals surface area contributed by atoms with Crippen molar-refractivity contribution >= 4 is 12.2 Å². The number of nitrogens with zero attached hydrogens (tertiary/aromatic N) is 3. The molecular weight excluding hydrogens is 186 g/mol. The van der Waals surface area contributed by atoms with Gasteiger partial charge in [0, 0.05) is 0 Å². The van der Waals surface area contributed by atoms with Crippen LogP contribution in [0.4, 0.5) is 0 Å². The van der Waals surface area contributed by atoms with Gasteiger partial charge in [-0.05, 0) is 12.1 Å². The van der Waals surface area contributed by atoms with Gasteiger partial charge >= 0.3 is 5.84 Å². The lowest BCUT2D eigenvalue weighted by Crippen LogP contribution is -2.26. The molecule has 1 rings (SSSR count). The molecule has 1 aromatic rings. The van der Waals surface area contributed by atoms with Crippen LogP contribution in [0, 0.1) is 0 Å². The smallest absolute Gasteiger partial charge is 0.291 e. The third kappa shape index (κ3) is 3.49. The summed E-state index contributed by atoms with van der Waals surface area (Å²) in [5.41, 5.74) is 1.13. The highest BCUT2D eigenvalue weighted by Crippen LogP contribution is 1.99. The first-order chi connectivity index (χ1) is 7.11. The number of benzene rings is 1. The van der Waals surface area contributed by atoms with Crippen molar-refractivity contribution in [2.45, 2.75) is 0 Å². The Morgan fingerprint density at radius 2 is 1.67 bits per heavy atom. The molecule has 0 fully saturated rings. The molecule has 0 radical (unpaired) electrons. The van der Waals surface area contributed by atoms with E-state index in [9.17, 15) is 0 Å². The van der Waals surface area contributed by atoms with Crippen LogP contribution >= 0.6 is 0 Å². The largest absolute Gasteiger partial charge is 0.318 e. The summed E-state index contributed by atoms with van der Waals surface area (Å²) >= 11 is 0. The predicted molar refractivity (Wildman–Crippen MR) is 66.1 cm³/mol. The molecule has 0 heterocycles. The number of rotatable bonds is 2. The lowest BCUT2D eigenvalue weighted by Gasteiger charge is -2.06. The molecule has 0 bridgehead atoms. The maximum absolute atomic E-state index is 4.44. The average molecular weight is 204 g/mol. The number of hydrogen-bond acceptors (Lipinski definition) is 0. The van der Waals surface area contributed by atoms with Gasteiger partial charge < -0.3 is 0 Å². The number of hydrogen-bond donors (Lipinski definition) is 0. The third-order valence-electron chi connectivity index (χ3n) is 1.87. The molecule has 0 aromatic heterocycles. The molecule has 0 N–H and O–H groups in total. The lowest BCUT2D eigenvalue weighted by molar-refractivity contribution is 0.615. The van der Waals surface area contributed by atoms with Gasteiger partial charge in [0.15, 0.2) is 0 Å². The fraction of sp³-hybridized carbons (Fsp3) is 0.333. The summed E-state index contributed by atoms with van der Waals surface area (Å²) in [5.74, 6) is 0.962. The summed E-state index contributed by atoms with van der Waals surface area (Å²) in [5, 5.41) is 0. The number of amidine groups is 1. The van der Waals surface area contributed by atoms with Crippen molar-refractivity contribution in [2.24, 2.45) is 0 Å². The van der Waals surface area contributed by atoms with Crippen molar-refractivity contribution in [2.75, 3.05) is 28.2 Å². The second-order valence-electron chi connectivity index (χ2n) is 3.79. The van der Waals surface area contributed by atoms with Gasteiger partial charge in [0.25, 0.3) is 6.34 Å². The van der Waals surface area contributed by atoms with E-state index in [1.54, 1.807) is 0 Å². The van der Waals surface area contributed by atoms with Crippen LogP contribution in [0.5, 0.6) is 0 Å². The minimum Gasteiger partial charge on any atom is -0.291 e. The Kier molecular flexibility index (Phi) is 3.95. The van der Waals surface area contributed by atoms with Crippen molar-refractivity contribution in [1.82, 2.24) is 14.5 Å². The molecule has 3 nitrogen and oxygen atoms in total. The summed E-state index contributed by atoms with van der Waals surface area (Å²) in [4.78, 5) is 3.93. The first-order valence-electron chi connectivity index (χ1n) is 4.91. The molecule has 15 heavy (non-hydrogen) atoms. The monoisotopic (exact) mass is 204 g/mol. The SMILES string of the molecule is CN(C)C=[N+]=C(c1ccccc1)N(C)C. The second-order valence-corrected chi connectivity index (χ2v) is 3.79. The van der Waals surface area contributed by atoms with Crippen LogP contribution < -0.4 is 4.67 Å². The zero-order chi connectivity index (χ0) is 11.3. The van der Waals surface area contributed by atoms with Crippen LogP contribution in [-0.4, -0.2) is 50.2 Å². The van der Waals surface area contributed by atoms with Gasteiger partial charge in [-0.1, -0.05) is 18.2 Å². The topological polar surface area (TPSA) is 20.6 Å². The quantitative estimate of drug-likeness (QED) is 0.400. The Hall–Kier alpha value is -1.73. The Balaban J connectivity index is 3.10. The van der Waals surface area contributed by atoms with Crippen LogP contribution in [0.15, 0.2) is 30.3 Å². The molecule has 1 aromatic carbocycles. The van der Waals surface area contributed by atoms with E-state index >= 15 is 0 Å². The molecule has 0 aliphatic rings. The van der Waals surface area contributed by atoms with Gasteiger partial charge in [-0.15, -0.1) is 0 Å². The van der Waals surface area contributed by atoms with Crippen LogP contribution in [0.3, 0.4) is 0 Å². The molecule has 3 heteroatoms. The Morgan fingerprint density at radius 1 is 1.07 bits per heavy atom. The van der Waals surface area contributed by atoms with Crippen molar-refractivity contribution < 1.29 is 0 Å². The van der Waals surface area contributed by atoms with E-state index in [0.29, 0.717) is 0 Å². The molecular formula is C12H18N3+. The molecule has 0 saturated heterocycles. The fourth-order valence-electron chi connectivity index (χ4n) is 1.21. The van der Waals surface area contributed by atoms with E-state index in [1.165, 1.54) is 0 Å². The van der Waals surface area contributed by atoms with Gasteiger partial charge in [0.05, 0.1) is 33.8 Å². The maximum atomic E-state index is 4.44. The predicted octanol–water partition coefficient (Wildman–Crippen LogP) is 0.652. The van der Waals surface area contributed by atoms with Crippen molar-refractivity contribution in [3.05, 3.63) is 35.9 Å². The molecule has 0 unspecified atom stereocenters.